The molecule has 0 unspecified atom stereocenters. The molecule has 8 heteroatoms. The Labute approximate surface area is 169 Å². The first-order valence-corrected chi connectivity index (χ1v) is 10.4. The molecular weight excluding hydrogens is 384 g/mol. The third-order valence-electron chi connectivity index (χ3n) is 4.43. The van der Waals surface area contributed by atoms with Crippen LogP contribution in [0.1, 0.15) is 27.2 Å². The predicted octanol–water partition coefficient (Wildman–Crippen LogP) is 2.84. The van der Waals surface area contributed by atoms with Gasteiger partial charge in [-0.3, -0.25) is 9.59 Å². The number of anilines is 1. The Morgan fingerprint density at radius 2 is 1.85 bits per heavy atom. The van der Waals surface area contributed by atoms with Crippen LogP contribution in [0.4, 0.5) is 5.69 Å². The molecule has 2 fully saturated rings. The van der Waals surface area contributed by atoms with Gasteiger partial charge in [0.2, 0.25) is 11.8 Å². The first kappa shape index (κ1) is 20.1. The molecule has 0 aliphatic carbocycles. The Balaban J connectivity index is 1.66. The lowest BCUT2D eigenvalue weighted by atomic mass is 10.2. The largest absolute Gasteiger partial charge is 0.494 e. The number of hydrogen-bond acceptors (Lipinski definition) is 6. The van der Waals surface area contributed by atoms with Crippen LogP contribution in [0.15, 0.2) is 24.3 Å². The van der Waals surface area contributed by atoms with Gasteiger partial charge >= 0.3 is 0 Å². The maximum Gasteiger partial charge on any atom is 0.247 e. The number of benzene rings is 1. The summed E-state index contributed by atoms with van der Waals surface area (Å²) in [7, 11) is 0. The minimum atomic E-state index is -0.481. The highest BCUT2D eigenvalue weighted by molar-refractivity contribution is 8.23. The second-order valence-electron chi connectivity index (χ2n) is 6.73. The SMILES string of the molecule is CCOc1ccc(N2C(=O)C[C@@H](SC(=S)N3C[C@@H](C)O[C@@H](C)C3)C2=O)cc1. The van der Waals surface area contributed by atoms with Crippen LogP contribution in [0.5, 0.6) is 5.75 Å². The number of imide groups is 1. The van der Waals surface area contributed by atoms with Crippen molar-refractivity contribution < 1.29 is 19.1 Å². The molecule has 6 nitrogen and oxygen atoms in total. The summed E-state index contributed by atoms with van der Waals surface area (Å²) in [5.41, 5.74) is 0.566. The molecule has 27 heavy (non-hydrogen) atoms. The van der Waals surface area contributed by atoms with E-state index in [0.717, 1.165) is 0 Å². The number of thioether (sulfide) groups is 1. The molecule has 3 rings (SSSR count). The Morgan fingerprint density at radius 3 is 2.44 bits per heavy atom. The van der Waals surface area contributed by atoms with Crippen molar-refractivity contribution in [1.29, 1.82) is 0 Å². The smallest absolute Gasteiger partial charge is 0.247 e. The molecule has 0 saturated carbocycles. The van der Waals surface area contributed by atoms with Crippen molar-refractivity contribution >= 4 is 45.8 Å². The van der Waals surface area contributed by atoms with Crippen molar-refractivity contribution in [3.8, 4) is 5.75 Å². The molecule has 0 aromatic heterocycles. The summed E-state index contributed by atoms with van der Waals surface area (Å²) in [6, 6.07) is 7.00. The zero-order valence-corrected chi connectivity index (χ0v) is 17.3. The fourth-order valence-electron chi connectivity index (χ4n) is 3.35. The molecule has 1 aromatic carbocycles. The number of nitrogens with zero attached hydrogens (tertiary/aromatic N) is 2. The van der Waals surface area contributed by atoms with Crippen LogP contribution in [-0.4, -0.2) is 58.2 Å². The van der Waals surface area contributed by atoms with E-state index in [1.807, 2.05) is 20.8 Å². The van der Waals surface area contributed by atoms with Gasteiger partial charge in [0, 0.05) is 19.5 Å². The number of carbonyl (C=O) groups excluding carboxylic acids is 2. The van der Waals surface area contributed by atoms with Gasteiger partial charge in [-0.1, -0.05) is 24.0 Å². The van der Waals surface area contributed by atoms with Crippen molar-refractivity contribution in [2.75, 3.05) is 24.6 Å². The summed E-state index contributed by atoms with van der Waals surface area (Å²) in [5, 5.41) is -0.481. The second kappa shape index (κ2) is 8.58. The molecule has 0 bridgehead atoms. The van der Waals surface area contributed by atoms with Crippen molar-refractivity contribution in [3.05, 3.63) is 24.3 Å². The van der Waals surface area contributed by atoms with Crippen LogP contribution in [0.3, 0.4) is 0 Å². The van der Waals surface area contributed by atoms with E-state index in [0.29, 0.717) is 35.5 Å². The number of rotatable bonds is 4. The van der Waals surface area contributed by atoms with E-state index in [1.165, 1.54) is 16.7 Å². The molecule has 2 heterocycles. The summed E-state index contributed by atoms with van der Waals surface area (Å²) in [6.07, 6.45) is 0.342. The lowest BCUT2D eigenvalue weighted by molar-refractivity contribution is -0.121. The number of hydrogen-bond donors (Lipinski definition) is 0. The van der Waals surface area contributed by atoms with Gasteiger partial charge in [0.1, 0.15) is 15.3 Å². The monoisotopic (exact) mass is 408 g/mol. The molecule has 2 amide bonds. The molecule has 2 aliphatic rings. The van der Waals surface area contributed by atoms with Gasteiger partial charge in [0.05, 0.1) is 24.5 Å². The van der Waals surface area contributed by atoms with E-state index < -0.39 is 5.25 Å². The molecular formula is C19H24N2O4S2. The first-order chi connectivity index (χ1) is 12.9. The highest BCUT2D eigenvalue weighted by Crippen LogP contribution is 2.32. The molecule has 146 valence electrons. The van der Waals surface area contributed by atoms with Gasteiger partial charge in [-0.2, -0.15) is 0 Å². The molecule has 0 spiro atoms. The maximum absolute atomic E-state index is 12.8. The number of thiocarbonyl (C=S) groups is 1. The Hall–Kier alpha value is -1.64. The highest BCUT2D eigenvalue weighted by Gasteiger charge is 2.41. The van der Waals surface area contributed by atoms with Crippen molar-refractivity contribution in [2.45, 2.75) is 44.6 Å². The second-order valence-corrected chi connectivity index (χ2v) is 8.57. The van der Waals surface area contributed by atoms with Crippen LogP contribution < -0.4 is 9.64 Å². The fraction of sp³-hybridized carbons (Fsp3) is 0.526. The number of amides is 2. The van der Waals surface area contributed by atoms with Crippen molar-refractivity contribution in [3.63, 3.8) is 0 Å². The summed E-state index contributed by atoms with van der Waals surface area (Å²) < 4.78 is 11.8. The summed E-state index contributed by atoms with van der Waals surface area (Å²) in [5.74, 6) is 0.294. The zero-order valence-electron chi connectivity index (χ0n) is 15.7. The van der Waals surface area contributed by atoms with E-state index in [1.54, 1.807) is 24.3 Å². The third kappa shape index (κ3) is 4.62. The Morgan fingerprint density at radius 1 is 1.22 bits per heavy atom. The minimum absolute atomic E-state index is 0.0913. The number of morpholine rings is 1. The van der Waals surface area contributed by atoms with Crippen LogP contribution >= 0.6 is 24.0 Å². The van der Waals surface area contributed by atoms with Crippen LogP contribution in [0.2, 0.25) is 0 Å². The number of carbonyl (C=O) groups is 2. The van der Waals surface area contributed by atoms with Crippen LogP contribution in [0, 0.1) is 0 Å². The van der Waals surface area contributed by atoms with Gasteiger partial charge in [-0.25, -0.2) is 4.90 Å². The van der Waals surface area contributed by atoms with E-state index in [9.17, 15) is 9.59 Å². The van der Waals surface area contributed by atoms with Gasteiger partial charge < -0.3 is 14.4 Å². The normalized spacial score (nSPS) is 25.8. The summed E-state index contributed by atoms with van der Waals surface area (Å²) in [4.78, 5) is 28.6. The van der Waals surface area contributed by atoms with E-state index in [4.69, 9.17) is 21.7 Å². The summed E-state index contributed by atoms with van der Waals surface area (Å²) >= 11 is 6.85. The summed E-state index contributed by atoms with van der Waals surface area (Å²) in [6.45, 7) is 7.89. The standard InChI is InChI=1S/C19H24N2O4S2/c1-4-24-15-7-5-14(6-8-15)21-17(22)9-16(18(21)23)27-19(26)20-10-12(2)25-13(3)11-20/h5-8,12-13,16H,4,9-11H2,1-3H3/t12-,13+,16-/m1/s1. The van der Waals surface area contributed by atoms with Crippen LogP contribution in [-0.2, 0) is 14.3 Å². The molecule has 2 saturated heterocycles. The average molecular weight is 409 g/mol. The minimum Gasteiger partial charge on any atom is -0.494 e. The van der Waals surface area contributed by atoms with E-state index in [2.05, 4.69) is 4.90 Å². The third-order valence-corrected chi connectivity index (χ3v) is 6.09. The van der Waals surface area contributed by atoms with Crippen molar-refractivity contribution in [2.24, 2.45) is 0 Å². The average Bonchev–Trinajstić information content (AvgIpc) is 2.89. The van der Waals surface area contributed by atoms with Gasteiger partial charge in [-0.05, 0) is 45.0 Å². The first-order valence-electron chi connectivity index (χ1n) is 9.09. The predicted molar refractivity (Wildman–Crippen MR) is 110 cm³/mol. The van der Waals surface area contributed by atoms with Gasteiger partial charge in [0.15, 0.2) is 0 Å². The highest BCUT2D eigenvalue weighted by atomic mass is 32.2. The lowest BCUT2D eigenvalue weighted by Crippen LogP contribution is -2.47. The molecule has 1 aromatic rings. The number of ether oxygens (including phenoxy) is 2. The van der Waals surface area contributed by atoms with Gasteiger partial charge in [0.25, 0.3) is 0 Å². The van der Waals surface area contributed by atoms with Crippen molar-refractivity contribution in [1.82, 2.24) is 4.90 Å². The fourth-order valence-corrected chi connectivity index (χ4v) is 4.82. The maximum atomic E-state index is 12.8. The molecule has 3 atom stereocenters. The van der Waals surface area contributed by atoms with E-state index >= 15 is 0 Å². The van der Waals surface area contributed by atoms with Gasteiger partial charge in [-0.15, -0.1) is 0 Å². The quantitative estimate of drug-likeness (QED) is 0.561. The zero-order chi connectivity index (χ0) is 19.6. The Kier molecular flexibility index (Phi) is 6.39. The van der Waals surface area contributed by atoms with Crippen LogP contribution in [0.25, 0.3) is 0 Å². The molecule has 2 aliphatic heterocycles. The molecule has 0 radical (unpaired) electrons. The lowest BCUT2D eigenvalue weighted by Gasteiger charge is -2.36. The van der Waals surface area contributed by atoms with E-state index in [-0.39, 0.29) is 30.4 Å². The topological polar surface area (TPSA) is 59.1 Å². The Bertz CT molecular complexity index is 715. The molecule has 0 N–H and O–H groups in total.